The summed E-state index contributed by atoms with van der Waals surface area (Å²) in [6, 6.07) is 7.17. The zero-order valence-electron chi connectivity index (χ0n) is 20.9. The minimum Gasteiger partial charge on any atom is -0.465 e. The van der Waals surface area contributed by atoms with Crippen LogP contribution in [0.1, 0.15) is 49.5 Å². The summed E-state index contributed by atoms with van der Waals surface area (Å²) in [7, 11) is 3.00. The van der Waals surface area contributed by atoms with E-state index in [-0.39, 0.29) is 18.0 Å². The van der Waals surface area contributed by atoms with Crippen LogP contribution in [-0.2, 0) is 22.6 Å². The Balaban J connectivity index is 1.38. The summed E-state index contributed by atoms with van der Waals surface area (Å²) >= 11 is 3.43. The third-order valence-corrected chi connectivity index (χ3v) is 8.95. The molecule has 8 nitrogen and oxygen atoms in total. The summed E-state index contributed by atoms with van der Waals surface area (Å²) in [5.41, 5.74) is 2.04. The lowest BCUT2D eigenvalue weighted by molar-refractivity contribution is -0.131. The zero-order chi connectivity index (χ0) is 25.5. The van der Waals surface area contributed by atoms with Crippen molar-refractivity contribution in [1.29, 1.82) is 0 Å². The molecule has 1 aromatic carbocycles. The van der Waals surface area contributed by atoms with E-state index in [4.69, 9.17) is 4.74 Å². The van der Waals surface area contributed by atoms with Crippen LogP contribution in [0.2, 0.25) is 0 Å². The summed E-state index contributed by atoms with van der Waals surface area (Å²) in [5, 5.41) is 7.81. The molecule has 188 valence electrons. The fourth-order valence-corrected chi connectivity index (χ4v) is 6.11. The highest BCUT2D eigenvalue weighted by Gasteiger charge is 2.56. The molecule has 2 bridgehead atoms. The molecule has 3 aliphatic rings. The Morgan fingerprint density at radius 2 is 1.94 bits per heavy atom. The van der Waals surface area contributed by atoms with Gasteiger partial charge in [-0.25, -0.2) is 9.48 Å². The van der Waals surface area contributed by atoms with Crippen molar-refractivity contribution >= 4 is 33.5 Å². The summed E-state index contributed by atoms with van der Waals surface area (Å²) in [4.78, 5) is 38.8. The summed E-state index contributed by atoms with van der Waals surface area (Å²) in [6.07, 6.45) is 4.00. The number of amides is 1. The Morgan fingerprint density at radius 3 is 2.54 bits per heavy atom. The lowest BCUT2D eigenvalue weighted by atomic mass is 9.45. The molecule has 9 heteroatoms. The van der Waals surface area contributed by atoms with Crippen LogP contribution in [0.4, 0.5) is 5.69 Å². The Kier molecular flexibility index (Phi) is 7.09. The van der Waals surface area contributed by atoms with Gasteiger partial charge in [0.25, 0.3) is 5.56 Å². The smallest absolute Gasteiger partial charge is 0.337 e. The molecule has 2 aromatic rings. The summed E-state index contributed by atoms with van der Waals surface area (Å²) < 4.78 is 6.28. The summed E-state index contributed by atoms with van der Waals surface area (Å²) in [6.45, 7) is 7.20. The number of carbonyl (C=O) groups excluding carboxylic acids is 2. The molecule has 1 aromatic heterocycles. The van der Waals surface area contributed by atoms with Crippen molar-refractivity contribution in [2.45, 2.75) is 52.7 Å². The summed E-state index contributed by atoms with van der Waals surface area (Å²) in [5.74, 6) is 1.26. The Hall–Kier alpha value is -2.68. The van der Waals surface area contributed by atoms with Crippen molar-refractivity contribution in [1.82, 2.24) is 14.7 Å². The van der Waals surface area contributed by atoms with Gasteiger partial charge in [0, 0.05) is 19.6 Å². The second-order valence-electron chi connectivity index (χ2n) is 10.5. The van der Waals surface area contributed by atoms with E-state index in [1.807, 2.05) is 0 Å². The molecular weight excluding hydrogens is 512 g/mol. The van der Waals surface area contributed by atoms with Gasteiger partial charge in [0.05, 0.1) is 24.6 Å². The van der Waals surface area contributed by atoms with Gasteiger partial charge >= 0.3 is 5.97 Å². The Morgan fingerprint density at radius 1 is 1.26 bits per heavy atom. The first-order valence-corrected chi connectivity index (χ1v) is 12.8. The van der Waals surface area contributed by atoms with Gasteiger partial charge in [0.1, 0.15) is 11.0 Å². The molecule has 0 spiro atoms. The maximum Gasteiger partial charge on any atom is 0.337 e. The molecule has 1 amide bonds. The van der Waals surface area contributed by atoms with Crippen LogP contribution >= 0.6 is 15.9 Å². The van der Waals surface area contributed by atoms with Crippen LogP contribution in [0.3, 0.4) is 0 Å². The van der Waals surface area contributed by atoms with E-state index in [1.165, 1.54) is 23.1 Å². The Bertz CT molecular complexity index is 1180. The van der Waals surface area contributed by atoms with Crippen molar-refractivity contribution in [3.8, 4) is 0 Å². The first-order valence-electron chi connectivity index (χ1n) is 12.0. The zero-order valence-corrected chi connectivity index (χ0v) is 22.5. The number of esters is 1. The molecular formula is C26H33BrN4O4. The monoisotopic (exact) mass is 544 g/mol. The number of ether oxygens (including phenoxy) is 1. The minimum atomic E-state index is -0.409. The fraction of sp³-hybridized carbons (Fsp3) is 0.538. The molecule has 0 saturated heterocycles. The number of carbonyl (C=O) groups is 2. The van der Waals surface area contributed by atoms with Crippen molar-refractivity contribution in [3.63, 3.8) is 0 Å². The third-order valence-electron chi connectivity index (χ3n) is 8.19. The van der Waals surface area contributed by atoms with E-state index in [0.717, 1.165) is 12.0 Å². The number of hydrogen-bond donors (Lipinski definition) is 1. The average molecular weight is 545 g/mol. The number of fused-ring (bicyclic) bond motifs is 2. The lowest BCUT2D eigenvalue weighted by Gasteiger charge is -2.62. The van der Waals surface area contributed by atoms with E-state index >= 15 is 0 Å². The Labute approximate surface area is 214 Å². The number of methoxy groups -OCH3 is 1. The van der Waals surface area contributed by atoms with E-state index in [1.54, 1.807) is 37.5 Å². The van der Waals surface area contributed by atoms with Crippen molar-refractivity contribution in [3.05, 3.63) is 56.4 Å². The van der Waals surface area contributed by atoms with Crippen molar-refractivity contribution in [2.24, 2.45) is 23.2 Å². The number of likely N-dealkylation sites (N-methyl/N-ethyl adjacent to an activating group) is 1. The SMILES string of the molecule is COC(=O)c1ccc(CN(C)C(=O)Cn2ncc(N[C@@H]3C[C@H]4C[C@@H]([C@H]3C)C4(C)C)c(Br)c2=O)cc1. The van der Waals surface area contributed by atoms with Crippen LogP contribution in [-0.4, -0.2) is 46.8 Å². The van der Waals surface area contributed by atoms with E-state index in [0.29, 0.717) is 51.5 Å². The standard InChI is InChI=1S/C26H33BrN4O4/c1-15-19-10-18(26(19,2)3)11-20(15)29-21-12-28-31(24(33)23(21)27)14-22(32)30(4)13-16-6-8-17(9-7-16)25(34)35-5/h6-9,12,15,18-20,29H,10-11,13-14H2,1-5H3/t15-,18-,19+,20-/m1/s1. The molecule has 1 N–H and O–H groups in total. The van der Waals surface area contributed by atoms with E-state index < -0.39 is 5.97 Å². The lowest BCUT2D eigenvalue weighted by Crippen LogP contribution is -2.58. The molecule has 1 heterocycles. The number of halogens is 1. The molecule has 3 saturated carbocycles. The van der Waals surface area contributed by atoms with Gasteiger partial charge in [-0.1, -0.05) is 32.9 Å². The first kappa shape index (κ1) is 25.4. The van der Waals surface area contributed by atoms with E-state index in [9.17, 15) is 14.4 Å². The second-order valence-corrected chi connectivity index (χ2v) is 11.3. The highest BCUT2D eigenvalue weighted by atomic mass is 79.9. The van der Waals surface area contributed by atoms with Crippen LogP contribution in [0.25, 0.3) is 0 Å². The number of nitrogens with one attached hydrogen (secondary N) is 1. The molecule has 35 heavy (non-hydrogen) atoms. The second kappa shape index (κ2) is 9.76. The van der Waals surface area contributed by atoms with Crippen LogP contribution in [0.5, 0.6) is 0 Å². The highest BCUT2D eigenvalue weighted by molar-refractivity contribution is 9.10. The highest BCUT2D eigenvalue weighted by Crippen LogP contribution is 2.61. The number of aromatic nitrogens is 2. The maximum atomic E-state index is 12.9. The van der Waals surface area contributed by atoms with Crippen molar-refractivity contribution in [2.75, 3.05) is 19.5 Å². The first-order chi connectivity index (χ1) is 16.5. The molecule has 0 radical (unpaired) electrons. The third kappa shape index (κ3) is 4.87. The molecule has 4 atom stereocenters. The van der Waals surface area contributed by atoms with Crippen molar-refractivity contribution < 1.29 is 14.3 Å². The largest absolute Gasteiger partial charge is 0.465 e. The molecule has 3 aliphatic carbocycles. The predicted octanol–water partition coefficient (Wildman–Crippen LogP) is 3.93. The van der Waals surface area contributed by atoms with E-state index in [2.05, 4.69) is 47.1 Å². The van der Waals surface area contributed by atoms with Gasteiger partial charge in [0.2, 0.25) is 5.91 Å². The number of anilines is 1. The maximum absolute atomic E-state index is 12.9. The number of benzene rings is 1. The van der Waals surface area contributed by atoms with Gasteiger partial charge < -0.3 is 15.0 Å². The number of rotatable bonds is 7. The quantitative estimate of drug-likeness (QED) is 0.530. The number of nitrogens with zero attached hydrogens (tertiary/aromatic N) is 3. The molecule has 0 aliphatic heterocycles. The van der Waals surface area contributed by atoms with Gasteiger partial charge in [-0.05, 0) is 69.6 Å². The molecule has 3 fully saturated rings. The van der Waals surface area contributed by atoms with Gasteiger partial charge in [-0.15, -0.1) is 0 Å². The molecule has 0 unspecified atom stereocenters. The number of hydrogen-bond acceptors (Lipinski definition) is 6. The van der Waals surface area contributed by atoms with Gasteiger partial charge in [-0.3, -0.25) is 9.59 Å². The van der Waals surface area contributed by atoms with Crippen LogP contribution in [0, 0.1) is 23.2 Å². The minimum absolute atomic E-state index is 0.160. The van der Waals surface area contributed by atoms with Crippen LogP contribution in [0.15, 0.2) is 39.7 Å². The predicted molar refractivity (Wildman–Crippen MR) is 137 cm³/mol. The van der Waals surface area contributed by atoms with Crippen LogP contribution < -0.4 is 10.9 Å². The van der Waals surface area contributed by atoms with Gasteiger partial charge in [0.15, 0.2) is 0 Å². The topological polar surface area (TPSA) is 93.5 Å². The molecule has 5 rings (SSSR count). The average Bonchev–Trinajstić information content (AvgIpc) is 2.84. The fourth-order valence-electron chi connectivity index (χ4n) is 5.69. The normalized spacial score (nSPS) is 24.3. The van der Waals surface area contributed by atoms with Gasteiger partial charge in [-0.2, -0.15) is 5.10 Å².